The molecule has 1 unspecified atom stereocenters. The summed E-state index contributed by atoms with van der Waals surface area (Å²) in [5.41, 5.74) is -0.827. The van der Waals surface area contributed by atoms with Crippen LogP contribution in [0, 0.1) is 16.7 Å². The predicted octanol–water partition coefficient (Wildman–Crippen LogP) is 1.87. The van der Waals surface area contributed by atoms with Crippen molar-refractivity contribution in [1.29, 1.82) is 5.26 Å². The van der Waals surface area contributed by atoms with E-state index >= 15 is 0 Å². The number of rotatable bonds is 5. The van der Waals surface area contributed by atoms with Gasteiger partial charge in [0, 0.05) is 19.6 Å². The van der Waals surface area contributed by atoms with E-state index in [0.29, 0.717) is 18.9 Å². The molecule has 1 fully saturated rings. The number of nitriles is 1. The van der Waals surface area contributed by atoms with Gasteiger partial charge in [0.05, 0.1) is 6.07 Å². The van der Waals surface area contributed by atoms with Crippen molar-refractivity contribution in [2.24, 2.45) is 5.41 Å². The summed E-state index contributed by atoms with van der Waals surface area (Å²) in [7, 11) is 3.93. The SMILES string of the molecule is CCC(C#N)(CC)C(=O)N(C)CC1CCCN1C. The standard InChI is InChI=1S/C14H25N3O/c1-5-14(6-2,11-15)13(18)17(4)10-12-8-7-9-16(12)3/h12H,5-10H2,1-4H3. The third-order valence-corrected chi connectivity index (χ3v) is 4.33. The van der Waals surface area contributed by atoms with Crippen LogP contribution in [0.1, 0.15) is 39.5 Å². The van der Waals surface area contributed by atoms with Gasteiger partial charge < -0.3 is 9.80 Å². The number of likely N-dealkylation sites (N-methyl/N-ethyl adjacent to an activating group) is 2. The summed E-state index contributed by atoms with van der Waals surface area (Å²) in [6.07, 6.45) is 3.52. The van der Waals surface area contributed by atoms with Gasteiger partial charge in [0.1, 0.15) is 5.41 Å². The third-order valence-electron chi connectivity index (χ3n) is 4.33. The van der Waals surface area contributed by atoms with Crippen molar-refractivity contribution in [3.63, 3.8) is 0 Å². The smallest absolute Gasteiger partial charge is 0.242 e. The highest BCUT2D eigenvalue weighted by molar-refractivity contribution is 5.85. The van der Waals surface area contributed by atoms with Crippen molar-refractivity contribution >= 4 is 5.91 Å². The number of likely N-dealkylation sites (tertiary alicyclic amines) is 1. The highest BCUT2D eigenvalue weighted by atomic mass is 16.2. The fourth-order valence-electron chi connectivity index (χ4n) is 2.73. The highest BCUT2D eigenvalue weighted by Gasteiger charge is 2.38. The number of hydrogen-bond donors (Lipinski definition) is 0. The van der Waals surface area contributed by atoms with Crippen LogP contribution in [0.4, 0.5) is 0 Å². The van der Waals surface area contributed by atoms with Crippen LogP contribution in [-0.4, -0.2) is 48.9 Å². The molecule has 1 heterocycles. The van der Waals surface area contributed by atoms with Crippen LogP contribution in [0.2, 0.25) is 0 Å². The molecule has 0 aromatic rings. The van der Waals surface area contributed by atoms with Crippen molar-refractivity contribution in [3.05, 3.63) is 0 Å². The normalized spacial score (nSPS) is 20.7. The zero-order valence-corrected chi connectivity index (χ0v) is 12.1. The second kappa shape index (κ2) is 6.19. The van der Waals surface area contributed by atoms with E-state index in [0.717, 1.165) is 19.5 Å². The van der Waals surface area contributed by atoms with E-state index in [9.17, 15) is 10.1 Å². The molecule has 0 bridgehead atoms. The molecule has 0 N–H and O–H groups in total. The molecular formula is C14H25N3O. The van der Waals surface area contributed by atoms with Gasteiger partial charge in [0.2, 0.25) is 5.91 Å². The number of nitrogens with zero attached hydrogens (tertiary/aromatic N) is 3. The summed E-state index contributed by atoms with van der Waals surface area (Å²) in [4.78, 5) is 16.5. The molecule has 1 aliphatic rings. The molecule has 0 saturated carbocycles. The first-order valence-corrected chi connectivity index (χ1v) is 6.87. The van der Waals surface area contributed by atoms with Gasteiger partial charge in [-0.1, -0.05) is 13.8 Å². The molecule has 0 aromatic carbocycles. The van der Waals surface area contributed by atoms with Gasteiger partial charge in [-0.2, -0.15) is 5.26 Å². The Hall–Kier alpha value is -1.08. The molecule has 4 heteroatoms. The van der Waals surface area contributed by atoms with Crippen LogP contribution in [0.5, 0.6) is 0 Å². The van der Waals surface area contributed by atoms with Crippen LogP contribution < -0.4 is 0 Å². The largest absolute Gasteiger partial charge is 0.343 e. The van der Waals surface area contributed by atoms with Crippen molar-refractivity contribution < 1.29 is 4.79 Å². The van der Waals surface area contributed by atoms with Crippen LogP contribution in [0.15, 0.2) is 0 Å². The maximum absolute atomic E-state index is 12.4. The van der Waals surface area contributed by atoms with E-state index in [1.807, 2.05) is 20.9 Å². The van der Waals surface area contributed by atoms with Gasteiger partial charge in [-0.3, -0.25) is 4.79 Å². The van der Waals surface area contributed by atoms with E-state index < -0.39 is 5.41 Å². The van der Waals surface area contributed by atoms with Crippen LogP contribution >= 0.6 is 0 Å². The number of carbonyl (C=O) groups is 1. The van der Waals surface area contributed by atoms with Gasteiger partial charge >= 0.3 is 0 Å². The third kappa shape index (κ3) is 2.84. The molecule has 0 aromatic heterocycles. The Balaban J connectivity index is 2.68. The Morgan fingerprint density at radius 3 is 2.50 bits per heavy atom. The van der Waals surface area contributed by atoms with E-state index in [2.05, 4.69) is 18.0 Å². The quantitative estimate of drug-likeness (QED) is 0.749. The lowest BCUT2D eigenvalue weighted by molar-refractivity contribution is -0.138. The fourth-order valence-corrected chi connectivity index (χ4v) is 2.73. The first-order valence-electron chi connectivity index (χ1n) is 6.87. The van der Waals surface area contributed by atoms with E-state index in [-0.39, 0.29) is 5.91 Å². The lowest BCUT2D eigenvalue weighted by Gasteiger charge is -2.31. The summed E-state index contributed by atoms with van der Waals surface area (Å²) in [5.74, 6) is -0.0182. The Bertz CT molecular complexity index is 330. The number of carbonyl (C=O) groups excluding carboxylic acids is 1. The molecule has 18 heavy (non-hydrogen) atoms. The monoisotopic (exact) mass is 251 g/mol. The molecule has 0 spiro atoms. The van der Waals surface area contributed by atoms with Crippen molar-refractivity contribution in [3.8, 4) is 6.07 Å². The molecule has 1 amide bonds. The maximum atomic E-state index is 12.4. The van der Waals surface area contributed by atoms with Crippen molar-refractivity contribution in [1.82, 2.24) is 9.80 Å². The summed E-state index contributed by atoms with van der Waals surface area (Å²) < 4.78 is 0. The highest BCUT2D eigenvalue weighted by Crippen LogP contribution is 2.28. The fraction of sp³-hybridized carbons (Fsp3) is 0.857. The molecule has 1 atom stereocenters. The van der Waals surface area contributed by atoms with Gasteiger partial charge in [-0.25, -0.2) is 0 Å². The number of hydrogen-bond acceptors (Lipinski definition) is 3. The summed E-state index contributed by atoms with van der Waals surface area (Å²) in [6.45, 7) is 5.68. The van der Waals surface area contributed by atoms with Gasteiger partial charge in [-0.05, 0) is 39.3 Å². The van der Waals surface area contributed by atoms with Crippen molar-refractivity contribution in [2.45, 2.75) is 45.6 Å². The minimum atomic E-state index is -0.827. The molecule has 0 radical (unpaired) electrons. The van der Waals surface area contributed by atoms with E-state index in [4.69, 9.17) is 0 Å². The van der Waals surface area contributed by atoms with Gasteiger partial charge in [0.15, 0.2) is 0 Å². The molecule has 1 saturated heterocycles. The van der Waals surface area contributed by atoms with Crippen molar-refractivity contribution in [2.75, 3.05) is 27.2 Å². The maximum Gasteiger partial charge on any atom is 0.242 e. The average molecular weight is 251 g/mol. The van der Waals surface area contributed by atoms with Gasteiger partial charge in [0.25, 0.3) is 0 Å². The lowest BCUT2D eigenvalue weighted by atomic mass is 9.82. The minimum Gasteiger partial charge on any atom is -0.343 e. The Morgan fingerprint density at radius 1 is 1.50 bits per heavy atom. The van der Waals surface area contributed by atoms with Crippen LogP contribution in [0.25, 0.3) is 0 Å². The summed E-state index contributed by atoms with van der Waals surface area (Å²) in [5, 5.41) is 9.30. The lowest BCUT2D eigenvalue weighted by Crippen LogP contribution is -2.46. The molecule has 0 aliphatic carbocycles. The first-order chi connectivity index (χ1) is 8.50. The Morgan fingerprint density at radius 2 is 2.11 bits per heavy atom. The molecule has 4 nitrogen and oxygen atoms in total. The topological polar surface area (TPSA) is 47.3 Å². The Kier molecular flexibility index (Phi) is 5.15. The van der Waals surface area contributed by atoms with E-state index in [1.54, 1.807) is 4.90 Å². The molecule has 1 rings (SSSR count). The van der Waals surface area contributed by atoms with E-state index in [1.165, 1.54) is 6.42 Å². The molecular weight excluding hydrogens is 226 g/mol. The average Bonchev–Trinajstić information content (AvgIpc) is 2.77. The zero-order chi connectivity index (χ0) is 13.8. The zero-order valence-electron chi connectivity index (χ0n) is 12.1. The summed E-state index contributed by atoms with van der Waals surface area (Å²) >= 11 is 0. The molecule has 1 aliphatic heterocycles. The molecule has 102 valence electrons. The second-order valence-electron chi connectivity index (χ2n) is 5.36. The van der Waals surface area contributed by atoms with Crippen LogP contribution in [-0.2, 0) is 4.79 Å². The predicted molar refractivity (Wildman–Crippen MR) is 71.9 cm³/mol. The Labute approximate surface area is 111 Å². The van der Waals surface area contributed by atoms with Gasteiger partial charge in [-0.15, -0.1) is 0 Å². The first kappa shape index (κ1) is 15.0. The number of amides is 1. The second-order valence-corrected chi connectivity index (χ2v) is 5.36. The summed E-state index contributed by atoms with van der Waals surface area (Å²) in [6, 6.07) is 2.68. The van der Waals surface area contributed by atoms with Crippen LogP contribution in [0.3, 0.4) is 0 Å². The minimum absolute atomic E-state index is 0.0182.